The molecule has 0 atom stereocenters. The number of aromatic nitrogens is 1. The van der Waals surface area contributed by atoms with E-state index in [2.05, 4.69) is 10.3 Å². The summed E-state index contributed by atoms with van der Waals surface area (Å²) >= 11 is 1.48. The second-order valence-corrected chi connectivity index (χ2v) is 4.81. The zero-order valence-corrected chi connectivity index (χ0v) is 10.9. The molecule has 1 N–H and O–H groups in total. The fraction of sp³-hybridized carbons (Fsp3) is 0.167. The molecule has 0 spiro atoms. The van der Waals surface area contributed by atoms with E-state index in [4.69, 9.17) is 0 Å². The molecule has 19 heavy (non-hydrogen) atoms. The average molecular weight is 277 g/mol. The number of nitro benzene ring substituents is 1. The van der Waals surface area contributed by atoms with Crippen molar-refractivity contribution in [3.05, 3.63) is 56.0 Å². The Bertz CT molecular complexity index is 607. The lowest BCUT2D eigenvalue weighted by Gasteiger charge is -2.02. The van der Waals surface area contributed by atoms with Crippen molar-refractivity contribution in [2.24, 2.45) is 0 Å². The number of amides is 1. The predicted octanol–water partition coefficient (Wildman–Crippen LogP) is 2.29. The summed E-state index contributed by atoms with van der Waals surface area (Å²) in [7, 11) is 0. The van der Waals surface area contributed by atoms with Crippen molar-refractivity contribution in [2.45, 2.75) is 13.5 Å². The maximum atomic E-state index is 11.8. The summed E-state index contributed by atoms with van der Waals surface area (Å²) in [5.41, 5.74) is 1.27. The zero-order valence-electron chi connectivity index (χ0n) is 10.1. The molecule has 0 aliphatic rings. The summed E-state index contributed by atoms with van der Waals surface area (Å²) in [5.74, 6) is -0.275. The van der Waals surface area contributed by atoms with Crippen molar-refractivity contribution in [2.75, 3.05) is 0 Å². The van der Waals surface area contributed by atoms with Crippen molar-refractivity contribution >= 4 is 22.9 Å². The van der Waals surface area contributed by atoms with Gasteiger partial charge in [0, 0.05) is 28.8 Å². The standard InChI is InChI=1S/C12H11N3O3S/c1-8-7-19-11(14-8)6-13-12(16)9-2-4-10(5-3-9)15(17)18/h2-5,7H,6H2,1H3,(H,13,16). The van der Waals surface area contributed by atoms with Crippen molar-refractivity contribution in [3.8, 4) is 0 Å². The van der Waals surface area contributed by atoms with Crippen LogP contribution in [0.4, 0.5) is 5.69 Å². The topological polar surface area (TPSA) is 85.1 Å². The lowest BCUT2D eigenvalue weighted by Crippen LogP contribution is -2.22. The first-order valence-electron chi connectivity index (χ1n) is 5.50. The highest BCUT2D eigenvalue weighted by Gasteiger charge is 2.09. The van der Waals surface area contributed by atoms with Crippen LogP contribution >= 0.6 is 11.3 Å². The largest absolute Gasteiger partial charge is 0.346 e. The minimum atomic E-state index is -0.500. The Labute approximate surface area is 113 Å². The van der Waals surface area contributed by atoms with Gasteiger partial charge < -0.3 is 5.32 Å². The number of thiazole rings is 1. The number of non-ortho nitro benzene ring substituents is 1. The third-order valence-electron chi connectivity index (χ3n) is 2.41. The van der Waals surface area contributed by atoms with Crippen LogP contribution in [0.2, 0.25) is 0 Å². The number of carbonyl (C=O) groups excluding carboxylic acids is 1. The molecule has 0 bridgehead atoms. The van der Waals surface area contributed by atoms with E-state index in [-0.39, 0.29) is 11.6 Å². The Kier molecular flexibility index (Phi) is 3.86. The van der Waals surface area contributed by atoms with E-state index >= 15 is 0 Å². The van der Waals surface area contributed by atoms with Crippen molar-refractivity contribution in [1.29, 1.82) is 0 Å². The molecular formula is C12H11N3O3S. The molecule has 98 valence electrons. The molecule has 1 aromatic carbocycles. The van der Waals surface area contributed by atoms with Gasteiger partial charge in [-0.2, -0.15) is 0 Å². The normalized spacial score (nSPS) is 10.2. The van der Waals surface area contributed by atoms with E-state index in [0.29, 0.717) is 12.1 Å². The first kappa shape index (κ1) is 13.2. The molecule has 1 amide bonds. The number of aryl methyl sites for hydroxylation is 1. The zero-order chi connectivity index (χ0) is 13.8. The maximum Gasteiger partial charge on any atom is 0.269 e. The first-order chi connectivity index (χ1) is 9.06. The van der Waals surface area contributed by atoms with Crippen LogP contribution < -0.4 is 5.32 Å². The van der Waals surface area contributed by atoms with E-state index in [1.54, 1.807) is 0 Å². The van der Waals surface area contributed by atoms with Gasteiger partial charge in [-0.05, 0) is 19.1 Å². The summed E-state index contributed by atoms with van der Waals surface area (Å²) in [6.07, 6.45) is 0. The van der Waals surface area contributed by atoms with Gasteiger partial charge in [0.2, 0.25) is 0 Å². The van der Waals surface area contributed by atoms with Crippen molar-refractivity contribution < 1.29 is 9.72 Å². The van der Waals surface area contributed by atoms with Crippen LogP contribution in [-0.4, -0.2) is 15.8 Å². The van der Waals surface area contributed by atoms with Gasteiger partial charge in [0.25, 0.3) is 11.6 Å². The molecular weight excluding hydrogens is 266 g/mol. The van der Waals surface area contributed by atoms with Gasteiger partial charge in [-0.25, -0.2) is 4.98 Å². The lowest BCUT2D eigenvalue weighted by atomic mass is 10.2. The molecule has 2 aromatic rings. The van der Waals surface area contributed by atoms with Gasteiger partial charge in [-0.15, -0.1) is 11.3 Å². The quantitative estimate of drug-likeness (QED) is 0.686. The summed E-state index contributed by atoms with van der Waals surface area (Å²) in [6.45, 7) is 2.24. The fourth-order valence-electron chi connectivity index (χ4n) is 1.48. The van der Waals surface area contributed by atoms with Gasteiger partial charge in [-0.3, -0.25) is 14.9 Å². The summed E-state index contributed by atoms with van der Waals surface area (Å²) in [4.78, 5) is 26.0. The van der Waals surface area contributed by atoms with Crippen LogP contribution in [0.5, 0.6) is 0 Å². The fourth-order valence-corrected chi connectivity index (χ4v) is 2.19. The molecule has 0 saturated carbocycles. The third-order valence-corrected chi connectivity index (χ3v) is 3.37. The molecule has 0 unspecified atom stereocenters. The molecule has 2 rings (SSSR count). The minimum Gasteiger partial charge on any atom is -0.346 e. The summed E-state index contributed by atoms with van der Waals surface area (Å²) in [6, 6.07) is 5.48. The predicted molar refractivity (Wildman–Crippen MR) is 71.1 cm³/mol. The van der Waals surface area contributed by atoms with Gasteiger partial charge >= 0.3 is 0 Å². The Morgan fingerprint density at radius 2 is 2.11 bits per heavy atom. The van der Waals surface area contributed by atoms with Gasteiger partial charge in [0.15, 0.2) is 0 Å². The Balaban J connectivity index is 1.98. The molecule has 6 nitrogen and oxygen atoms in total. The molecule has 7 heteroatoms. The minimum absolute atomic E-state index is 0.0351. The lowest BCUT2D eigenvalue weighted by molar-refractivity contribution is -0.384. The monoisotopic (exact) mass is 277 g/mol. The third kappa shape index (κ3) is 3.35. The highest BCUT2D eigenvalue weighted by molar-refractivity contribution is 7.09. The molecule has 0 radical (unpaired) electrons. The summed E-state index contributed by atoms with van der Waals surface area (Å²) < 4.78 is 0. The Morgan fingerprint density at radius 1 is 1.42 bits per heavy atom. The van der Waals surface area contributed by atoms with Gasteiger partial charge in [0.1, 0.15) is 5.01 Å². The van der Waals surface area contributed by atoms with E-state index < -0.39 is 4.92 Å². The maximum absolute atomic E-state index is 11.8. The van der Waals surface area contributed by atoms with Crippen LogP contribution in [0.15, 0.2) is 29.6 Å². The van der Waals surface area contributed by atoms with E-state index in [1.165, 1.54) is 35.6 Å². The van der Waals surface area contributed by atoms with Crippen LogP contribution in [0.1, 0.15) is 21.1 Å². The smallest absolute Gasteiger partial charge is 0.269 e. The highest BCUT2D eigenvalue weighted by Crippen LogP contribution is 2.12. The molecule has 0 saturated heterocycles. The number of benzene rings is 1. The molecule has 1 heterocycles. The summed E-state index contributed by atoms with van der Waals surface area (Å²) in [5, 5.41) is 15.9. The van der Waals surface area contributed by atoms with E-state index in [0.717, 1.165) is 10.7 Å². The number of nitrogens with one attached hydrogen (secondary N) is 1. The number of carbonyl (C=O) groups is 1. The van der Waals surface area contributed by atoms with Crippen LogP contribution in [0, 0.1) is 17.0 Å². The van der Waals surface area contributed by atoms with Crippen LogP contribution in [0.25, 0.3) is 0 Å². The Morgan fingerprint density at radius 3 is 2.63 bits per heavy atom. The van der Waals surface area contributed by atoms with Crippen LogP contribution in [0.3, 0.4) is 0 Å². The van der Waals surface area contributed by atoms with Crippen molar-refractivity contribution in [1.82, 2.24) is 10.3 Å². The number of hydrogen-bond acceptors (Lipinski definition) is 5. The number of nitrogens with zero attached hydrogens (tertiary/aromatic N) is 2. The molecule has 1 aromatic heterocycles. The van der Waals surface area contributed by atoms with E-state index in [1.807, 2.05) is 12.3 Å². The van der Waals surface area contributed by atoms with Crippen LogP contribution in [-0.2, 0) is 6.54 Å². The second kappa shape index (κ2) is 5.57. The average Bonchev–Trinajstić information content (AvgIpc) is 2.82. The number of nitro groups is 1. The Hall–Kier alpha value is -2.28. The van der Waals surface area contributed by atoms with Gasteiger partial charge in [0.05, 0.1) is 11.5 Å². The molecule has 0 fully saturated rings. The second-order valence-electron chi connectivity index (χ2n) is 3.87. The van der Waals surface area contributed by atoms with Crippen molar-refractivity contribution in [3.63, 3.8) is 0 Å². The first-order valence-corrected chi connectivity index (χ1v) is 6.38. The number of hydrogen-bond donors (Lipinski definition) is 1. The van der Waals surface area contributed by atoms with E-state index in [9.17, 15) is 14.9 Å². The number of rotatable bonds is 4. The SMILES string of the molecule is Cc1csc(CNC(=O)c2ccc([N+](=O)[O-])cc2)n1. The molecule has 0 aliphatic carbocycles. The highest BCUT2D eigenvalue weighted by atomic mass is 32.1. The molecule has 0 aliphatic heterocycles. The van der Waals surface area contributed by atoms with Gasteiger partial charge in [-0.1, -0.05) is 0 Å².